The highest BCUT2D eigenvalue weighted by atomic mass is 127. The summed E-state index contributed by atoms with van der Waals surface area (Å²) in [6.07, 6.45) is 2.22. The third kappa shape index (κ3) is 3.63. The first kappa shape index (κ1) is 15.1. The van der Waals surface area contributed by atoms with Gasteiger partial charge < -0.3 is 4.90 Å². The Morgan fingerprint density at radius 3 is 2.58 bits per heavy atom. The summed E-state index contributed by atoms with van der Waals surface area (Å²) < 4.78 is 0.970. The summed E-state index contributed by atoms with van der Waals surface area (Å²) in [7, 11) is 0. The van der Waals surface area contributed by atoms with E-state index in [9.17, 15) is 4.79 Å². The van der Waals surface area contributed by atoms with Crippen molar-refractivity contribution in [2.45, 2.75) is 26.7 Å². The first-order valence-electron chi connectivity index (χ1n) is 6.73. The topological polar surface area (TPSA) is 20.3 Å². The second-order valence-corrected chi connectivity index (χ2v) is 7.10. The highest BCUT2D eigenvalue weighted by Gasteiger charge is 2.26. The van der Waals surface area contributed by atoms with E-state index in [1.807, 2.05) is 17.0 Å². The summed E-state index contributed by atoms with van der Waals surface area (Å²) in [6, 6.07) is 5.50. The number of piperidine rings is 1. The number of carbonyl (C=O) groups excluding carboxylic acids is 1. The van der Waals surface area contributed by atoms with E-state index in [0.717, 1.165) is 41.0 Å². The monoisotopic (exact) mass is 391 g/mol. The molecular weight excluding hydrogens is 373 g/mol. The maximum absolute atomic E-state index is 12.5. The second kappa shape index (κ2) is 6.44. The molecule has 104 valence electrons. The van der Waals surface area contributed by atoms with Gasteiger partial charge >= 0.3 is 0 Å². The minimum atomic E-state index is 0.120. The molecule has 2 nitrogen and oxygen atoms in total. The number of rotatable bonds is 2. The maximum Gasteiger partial charge on any atom is 0.254 e. The van der Waals surface area contributed by atoms with Crippen LogP contribution in [0.15, 0.2) is 18.2 Å². The van der Waals surface area contributed by atoms with Crippen LogP contribution < -0.4 is 0 Å². The van der Waals surface area contributed by atoms with Crippen LogP contribution in [0.5, 0.6) is 0 Å². The van der Waals surface area contributed by atoms with Crippen LogP contribution in [0, 0.1) is 15.4 Å². The number of hydrogen-bond acceptors (Lipinski definition) is 1. The smallest absolute Gasteiger partial charge is 0.254 e. The lowest BCUT2D eigenvalue weighted by molar-refractivity contribution is 0.0666. The summed E-state index contributed by atoms with van der Waals surface area (Å²) in [5.74, 6) is 1.58. The van der Waals surface area contributed by atoms with Gasteiger partial charge in [-0.2, -0.15) is 0 Å². The highest BCUT2D eigenvalue weighted by Crippen LogP contribution is 2.26. The molecule has 1 aliphatic heterocycles. The Kier molecular flexibility index (Phi) is 5.12. The molecule has 1 saturated heterocycles. The van der Waals surface area contributed by atoms with Crippen molar-refractivity contribution in [2.24, 2.45) is 11.8 Å². The number of carbonyl (C=O) groups is 1. The number of nitrogens with zero attached hydrogens (tertiary/aromatic N) is 1. The third-order valence-electron chi connectivity index (χ3n) is 3.93. The van der Waals surface area contributed by atoms with Gasteiger partial charge in [0, 0.05) is 21.7 Å². The lowest BCUT2D eigenvalue weighted by atomic mass is 9.86. The van der Waals surface area contributed by atoms with E-state index in [0.29, 0.717) is 10.9 Å². The van der Waals surface area contributed by atoms with E-state index in [1.54, 1.807) is 6.07 Å². The van der Waals surface area contributed by atoms with Gasteiger partial charge in [-0.25, -0.2) is 0 Å². The Morgan fingerprint density at radius 2 is 2.00 bits per heavy atom. The summed E-state index contributed by atoms with van der Waals surface area (Å²) in [6.45, 7) is 6.26. The van der Waals surface area contributed by atoms with Crippen LogP contribution in [-0.2, 0) is 0 Å². The van der Waals surface area contributed by atoms with Crippen LogP contribution in [-0.4, -0.2) is 23.9 Å². The van der Waals surface area contributed by atoms with Crippen molar-refractivity contribution in [1.82, 2.24) is 4.90 Å². The normalized spacial score (nSPS) is 17.0. The molecule has 0 saturated carbocycles. The van der Waals surface area contributed by atoms with E-state index in [-0.39, 0.29) is 5.91 Å². The van der Waals surface area contributed by atoms with Crippen LogP contribution in [0.4, 0.5) is 0 Å². The molecule has 2 rings (SSSR count). The van der Waals surface area contributed by atoms with E-state index < -0.39 is 0 Å². The zero-order valence-electron chi connectivity index (χ0n) is 11.3. The second-order valence-electron chi connectivity index (χ2n) is 5.50. The van der Waals surface area contributed by atoms with Gasteiger partial charge in [0.05, 0.1) is 5.56 Å². The molecule has 19 heavy (non-hydrogen) atoms. The Hall–Kier alpha value is -0.290. The van der Waals surface area contributed by atoms with Gasteiger partial charge in [-0.05, 0) is 65.5 Å². The molecule has 0 aliphatic carbocycles. The number of likely N-dealkylation sites (tertiary alicyclic amines) is 1. The lowest BCUT2D eigenvalue weighted by Gasteiger charge is -2.34. The zero-order valence-corrected chi connectivity index (χ0v) is 14.2. The SMILES string of the molecule is CC(C)C1CCN(C(=O)c2cc(Cl)ccc2I)CC1. The van der Waals surface area contributed by atoms with E-state index >= 15 is 0 Å². The van der Waals surface area contributed by atoms with E-state index in [2.05, 4.69) is 36.4 Å². The fourth-order valence-electron chi connectivity index (χ4n) is 2.60. The van der Waals surface area contributed by atoms with E-state index in [1.165, 1.54) is 0 Å². The molecule has 0 spiro atoms. The molecule has 0 aromatic heterocycles. The fourth-order valence-corrected chi connectivity index (χ4v) is 3.34. The maximum atomic E-state index is 12.5. The number of halogens is 2. The standard InChI is InChI=1S/C15H19ClINO/c1-10(2)11-5-7-18(8-6-11)15(19)13-9-12(16)3-4-14(13)17/h3-4,9-11H,5-8H2,1-2H3. The molecule has 0 unspecified atom stereocenters. The summed E-state index contributed by atoms with van der Waals surface area (Å²) in [5, 5.41) is 0.626. The van der Waals surface area contributed by atoms with Crippen molar-refractivity contribution in [3.8, 4) is 0 Å². The van der Waals surface area contributed by atoms with Gasteiger partial charge in [-0.1, -0.05) is 25.4 Å². The lowest BCUT2D eigenvalue weighted by Crippen LogP contribution is -2.39. The van der Waals surface area contributed by atoms with Crippen LogP contribution in [0.1, 0.15) is 37.0 Å². The van der Waals surface area contributed by atoms with Crippen molar-refractivity contribution in [1.29, 1.82) is 0 Å². The van der Waals surface area contributed by atoms with Crippen molar-refractivity contribution in [3.63, 3.8) is 0 Å². The van der Waals surface area contributed by atoms with Crippen molar-refractivity contribution in [3.05, 3.63) is 32.4 Å². The van der Waals surface area contributed by atoms with Crippen molar-refractivity contribution < 1.29 is 4.79 Å². The average molecular weight is 392 g/mol. The molecule has 1 aromatic rings. The van der Waals surface area contributed by atoms with Gasteiger partial charge in [-0.3, -0.25) is 4.79 Å². The number of benzene rings is 1. The van der Waals surface area contributed by atoms with Crippen LogP contribution >= 0.6 is 34.2 Å². The molecule has 1 fully saturated rings. The summed E-state index contributed by atoms with van der Waals surface area (Å²) in [5.41, 5.74) is 0.732. The Morgan fingerprint density at radius 1 is 1.37 bits per heavy atom. The zero-order chi connectivity index (χ0) is 14.0. The predicted octanol–water partition coefficient (Wildman–Crippen LogP) is 4.45. The predicted molar refractivity (Wildman–Crippen MR) is 87.6 cm³/mol. The first-order valence-corrected chi connectivity index (χ1v) is 8.19. The molecule has 1 amide bonds. The molecule has 1 aromatic carbocycles. The van der Waals surface area contributed by atoms with Crippen LogP contribution in [0.2, 0.25) is 5.02 Å². The largest absolute Gasteiger partial charge is 0.339 e. The van der Waals surface area contributed by atoms with Gasteiger partial charge in [0.2, 0.25) is 0 Å². The minimum absolute atomic E-state index is 0.120. The van der Waals surface area contributed by atoms with Gasteiger partial charge in [0.1, 0.15) is 0 Å². The Labute approximate surface area is 133 Å². The van der Waals surface area contributed by atoms with Gasteiger partial charge in [0.15, 0.2) is 0 Å². The molecule has 0 radical (unpaired) electrons. The molecule has 0 N–H and O–H groups in total. The summed E-state index contributed by atoms with van der Waals surface area (Å²) in [4.78, 5) is 14.5. The fraction of sp³-hybridized carbons (Fsp3) is 0.533. The average Bonchev–Trinajstić information content (AvgIpc) is 2.41. The Bertz CT molecular complexity index is 467. The molecule has 1 heterocycles. The summed E-state index contributed by atoms with van der Waals surface area (Å²) >= 11 is 8.19. The number of hydrogen-bond donors (Lipinski definition) is 0. The van der Waals surface area contributed by atoms with Gasteiger partial charge in [0.25, 0.3) is 5.91 Å². The van der Waals surface area contributed by atoms with Crippen LogP contribution in [0.3, 0.4) is 0 Å². The third-order valence-corrected chi connectivity index (χ3v) is 5.10. The molecular formula is C15H19ClINO. The first-order chi connectivity index (χ1) is 8.99. The molecule has 1 aliphatic rings. The van der Waals surface area contributed by atoms with Crippen LogP contribution in [0.25, 0.3) is 0 Å². The van der Waals surface area contributed by atoms with Gasteiger partial charge in [-0.15, -0.1) is 0 Å². The molecule has 4 heteroatoms. The quantitative estimate of drug-likeness (QED) is 0.682. The molecule has 0 bridgehead atoms. The van der Waals surface area contributed by atoms with Crippen molar-refractivity contribution >= 4 is 40.1 Å². The Balaban J connectivity index is 2.07. The van der Waals surface area contributed by atoms with Crippen molar-refractivity contribution in [2.75, 3.05) is 13.1 Å². The molecule has 0 atom stereocenters. The van der Waals surface area contributed by atoms with E-state index in [4.69, 9.17) is 11.6 Å². The number of amides is 1. The minimum Gasteiger partial charge on any atom is -0.339 e. The highest BCUT2D eigenvalue weighted by molar-refractivity contribution is 14.1.